The Hall–Kier alpha value is -1.22. The van der Waals surface area contributed by atoms with Crippen molar-refractivity contribution in [2.24, 2.45) is 0 Å². The average molecular weight is 477 g/mol. The van der Waals surface area contributed by atoms with E-state index in [2.05, 4.69) is 16.7 Å². The molecule has 3 amide bonds. The first kappa shape index (κ1) is 23.1. The maximum Gasteiger partial charge on any atom is 0.251 e. The third-order valence-corrected chi connectivity index (χ3v) is 2.95. The number of imide groups is 1. The molecule has 0 spiro atoms. The molecule has 0 aromatic heterocycles. The number of rotatable bonds is 4. The van der Waals surface area contributed by atoms with Gasteiger partial charge in [-0.05, 0) is 13.3 Å². The Morgan fingerprint density at radius 3 is 2.45 bits per heavy atom. The summed E-state index contributed by atoms with van der Waals surface area (Å²) in [6, 6.07) is 0. The van der Waals surface area contributed by atoms with Crippen molar-refractivity contribution in [3.63, 3.8) is 0 Å². The van der Waals surface area contributed by atoms with Crippen molar-refractivity contribution >= 4 is 17.7 Å². The molecule has 1 atom stereocenters. The molecular weight excluding hydrogens is 452 g/mol. The van der Waals surface area contributed by atoms with E-state index >= 15 is 0 Å². The van der Waals surface area contributed by atoms with Crippen molar-refractivity contribution in [3.8, 4) is 0 Å². The fourth-order valence-corrected chi connectivity index (χ4v) is 1.82. The van der Waals surface area contributed by atoms with E-state index in [1.165, 1.54) is 0 Å². The number of hydrogen-bond donors (Lipinski definition) is 2. The topological polar surface area (TPSA) is 75.3 Å². The van der Waals surface area contributed by atoms with E-state index in [4.69, 9.17) is 0 Å². The molecule has 22 heavy (non-hydrogen) atoms. The van der Waals surface area contributed by atoms with Gasteiger partial charge >= 0.3 is 0 Å². The Balaban J connectivity index is 0. The van der Waals surface area contributed by atoms with E-state index in [1.807, 2.05) is 20.8 Å². The molecule has 0 bridgehead atoms. The molecule has 5 nitrogen and oxygen atoms in total. The predicted molar refractivity (Wildman–Crippen MR) is 82.1 cm³/mol. The van der Waals surface area contributed by atoms with E-state index in [-0.39, 0.29) is 39.3 Å². The van der Waals surface area contributed by atoms with Crippen LogP contribution in [0, 0.1) is 6.08 Å². The van der Waals surface area contributed by atoms with Crippen LogP contribution in [0.4, 0.5) is 0 Å². The van der Waals surface area contributed by atoms with Crippen LogP contribution in [0.1, 0.15) is 53.9 Å². The van der Waals surface area contributed by atoms with Gasteiger partial charge in [0.1, 0.15) is 11.4 Å². The molecule has 0 saturated carbocycles. The summed E-state index contributed by atoms with van der Waals surface area (Å²) in [5.74, 6) is -1.12. The molecule has 124 valence electrons. The second-order valence-corrected chi connectivity index (χ2v) is 4.62. The molecule has 1 rings (SSSR count). The first-order valence-corrected chi connectivity index (χ1v) is 7.34. The Kier molecular flexibility index (Phi) is 11.9. The largest absolute Gasteiger partial charge is 0.392 e. The molecule has 1 unspecified atom stereocenters. The van der Waals surface area contributed by atoms with Crippen molar-refractivity contribution in [3.05, 3.63) is 23.8 Å². The van der Waals surface area contributed by atoms with Crippen LogP contribution < -0.4 is 10.6 Å². The molecular formula is C16H25N2O3W-. The van der Waals surface area contributed by atoms with Crippen molar-refractivity contribution in [1.82, 2.24) is 10.6 Å². The van der Waals surface area contributed by atoms with Crippen LogP contribution in [0.3, 0.4) is 0 Å². The zero-order valence-electron chi connectivity index (χ0n) is 13.9. The molecule has 1 aliphatic heterocycles. The predicted octanol–water partition coefficient (Wildman–Crippen LogP) is 2.04. The normalized spacial score (nSPS) is 21.4. The quantitative estimate of drug-likeness (QED) is 0.282. The molecule has 1 fully saturated rings. The summed E-state index contributed by atoms with van der Waals surface area (Å²) in [6.07, 6.45) is 7.45. The zero-order valence-corrected chi connectivity index (χ0v) is 16.8. The van der Waals surface area contributed by atoms with Gasteiger partial charge in [-0.1, -0.05) is 34.1 Å². The number of hydrogen-bond acceptors (Lipinski definition) is 3. The van der Waals surface area contributed by atoms with Gasteiger partial charge in [0, 0.05) is 27.5 Å². The molecule has 6 heteroatoms. The van der Waals surface area contributed by atoms with Gasteiger partial charge in [-0.25, -0.2) is 0 Å². The van der Waals surface area contributed by atoms with Crippen LogP contribution in [0.25, 0.3) is 0 Å². The van der Waals surface area contributed by atoms with Crippen molar-refractivity contribution in [1.29, 1.82) is 0 Å². The fraction of sp³-hybridized carbons (Fsp3) is 0.562. The van der Waals surface area contributed by atoms with E-state index in [0.29, 0.717) is 18.4 Å². The second-order valence-electron chi connectivity index (χ2n) is 4.62. The number of amides is 3. The molecule has 0 aliphatic carbocycles. The summed E-state index contributed by atoms with van der Waals surface area (Å²) in [5, 5.41) is 4.92. The number of carbonyl (C=O) groups excluding carboxylic acids is 3. The Bertz CT molecular complexity index is 458. The average Bonchev–Trinajstić information content (AvgIpc) is 2.45. The molecule has 0 aromatic rings. The van der Waals surface area contributed by atoms with Gasteiger partial charge in [-0.2, -0.15) is 12.2 Å². The standard InChI is InChI=1S/C14H19N2O3.C2H6.W/c1-4-6-10(7-5-2)12(18)16-14(3)9-8-11(17)15-13(14)19;1-2;/h4,7H,5,8-9H2,1-3H3,(H,16,18)(H,15,17,19);1-2H3;/q-1;;/b10-7+;;. The third-order valence-electron chi connectivity index (χ3n) is 2.95. The Morgan fingerprint density at radius 2 is 2.00 bits per heavy atom. The summed E-state index contributed by atoms with van der Waals surface area (Å²) in [4.78, 5) is 35.0. The SMILES string of the molecule is CC.CC=[C-]/C(=C\CC)C(=O)NC1(C)CCC(=O)NC1=O.[W]. The second kappa shape index (κ2) is 11.4. The Labute approximate surface area is 147 Å². The molecule has 0 radical (unpaired) electrons. The van der Waals surface area contributed by atoms with Crippen LogP contribution in [-0.2, 0) is 35.4 Å². The molecule has 1 saturated heterocycles. The first-order chi connectivity index (χ1) is 9.92. The minimum Gasteiger partial charge on any atom is -0.392 e. The van der Waals surface area contributed by atoms with Gasteiger partial charge in [0.25, 0.3) is 5.91 Å². The first-order valence-electron chi connectivity index (χ1n) is 7.34. The monoisotopic (exact) mass is 477 g/mol. The summed E-state index contributed by atoms with van der Waals surface area (Å²) in [6.45, 7) is 9.30. The van der Waals surface area contributed by atoms with Crippen LogP contribution >= 0.6 is 0 Å². The number of allylic oxidation sites excluding steroid dienone is 2. The van der Waals surface area contributed by atoms with Gasteiger partial charge in [0.2, 0.25) is 5.91 Å². The Morgan fingerprint density at radius 1 is 1.41 bits per heavy atom. The summed E-state index contributed by atoms with van der Waals surface area (Å²) < 4.78 is 0. The van der Waals surface area contributed by atoms with Crippen molar-refractivity contribution in [2.45, 2.75) is 59.4 Å². The van der Waals surface area contributed by atoms with Crippen LogP contribution in [-0.4, -0.2) is 23.3 Å². The number of nitrogens with one attached hydrogen (secondary N) is 2. The maximum absolute atomic E-state index is 12.1. The van der Waals surface area contributed by atoms with E-state index < -0.39 is 11.4 Å². The van der Waals surface area contributed by atoms with E-state index in [1.54, 1.807) is 26.0 Å². The van der Waals surface area contributed by atoms with Gasteiger partial charge in [-0.15, -0.1) is 11.6 Å². The van der Waals surface area contributed by atoms with Gasteiger partial charge in [0.05, 0.1) is 0 Å². The molecule has 1 aliphatic rings. The number of carbonyl (C=O) groups is 3. The van der Waals surface area contributed by atoms with Crippen LogP contribution in [0.5, 0.6) is 0 Å². The molecule has 0 aromatic carbocycles. The van der Waals surface area contributed by atoms with Crippen molar-refractivity contribution < 1.29 is 35.4 Å². The minimum atomic E-state index is -1.05. The number of piperidine rings is 1. The molecule has 2 N–H and O–H groups in total. The van der Waals surface area contributed by atoms with Gasteiger partial charge < -0.3 is 10.1 Å². The van der Waals surface area contributed by atoms with Gasteiger partial charge in [0.15, 0.2) is 0 Å². The van der Waals surface area contributed by atoms with Crippen molar-refractivity contribution in [2.75, 3.05) is 0 Å². The maximum atomic E-state index is 12.1. The van der Waals surface area contributed by atoms with E-state index in [9.17, 15) is 14.4 Å². The summed E-state index contributed by atoms with van der Waals surface area (Å²) in [7, 11) is 0. The smallest absolute Gasteiger partial charge is 0.251 e. The minimum absolute atomic E-state index is 0. The van der Waals surface area contributed by atoms with Crippen LogP contribution in [0.15, 0.2) is 17.7 Å². The summed E-state index contributed by atoms with van der Waals surface area (Å²) >= 11 is 0. The zero-order chi connectivity index (χ0) is 16.5. The fourth-order valence-electron chi connectivity index (χ4n) is 1.82. The summed E-state index contributed by atoms with van der Waals surface area (Å²) in [5.41, 5.74) is -0.649. The van der Waals surface area contributed by atoms with Crippen LogP contribution in [0.2, 0.25) is 0 Å². The van der Waals surface area contributed by atoms with Gasteiger partial charge in [-0.3, -0.25) is 14.9 Å². The molecule has 1 heterocycles. The third kappa shape index (κ3) is 6.69. The van der Waals surface area contributed by atoms with E-state index in [0.717, 1.165) is 0 Å².